The minimum absolute atomic E-state index is 0.115. The average molecular weight is 398 g/mol. The van der Waals surface area contributed by atoms with Crippen molar-refractivity contribution in [2.75, 3.05) is 45.9 Å². The highest BCUT2D eigenvalue weighted by molar-refractivity contribution is 5.95. The van der Waals surface area contributed by atoms with Gasteiger partial charge in [-0.15, -0.1) is 0 Å². The van der Waals surface area contributed by atoms with Gasteiger partial charge in [0.05, 0.1) is 6.61 Å². The Bertz CT molecular complexity index is 689. The largest absolute Gasteiger partial charge is 0.494 e. The van der Waals surface area contributed by atoms with Gasteiger partial charge in [-0.25, -0.2) is 0 Å². The summed E-state index contributed by atoms with van der Waals surface area (Å²) in [5.74, 6) is 0.971. The monoisotopic (exact) mass is 397 g/mol. The van der Waals surface area contributed by atoms with Gasteiger partial charge >= 0.3 is 0 Å². The molecule has 0 N–H and O–H groups in total. The summed E-state index contributed by atoms with van der Waals surface area (Å²) in [6, 6.07) is 7.70. The molecule has 5 heteroatoms. The van der Waals surface area contributed by atoms with E-state index in [2.05, 4.69) is 16.0 Å². The van der Waals surface area contributed by atoms with Gasteiger partial charge in [0.2, 0.25) is 0 Å². The fraction of sp³-hybridized carbons (Fsp3) is 0.625. The number of amides is 1. The molecule has 0 aliphatic carbocycles. The van der Waals surface area contributed by atoms with Crippen molar-refractivity contribution in [3.05, 3.63) is 41.7 Å². The van der Waals surface area contributed by atoms with Gasteiger partial charge in [-0.05, 0) is 82.3 Å². The second-order valence-corrected chi connectivity index (χ2v) is 8.55. The SMILES string of the molecule is O=C(c1ccc(OCCCN2CCCCC2)cc1)N1CCC/C1=C\N1CCCC1. The molecular weight excluding hydrogens is 362 g/mol. The Morgan fingerprint density at radius 1 is 0.897 bits per heavy atom. The van der Waals surface area contributed by atoms with Crippen molar-refractivity contribution < 1.29 is 9.53 Å². The second-order valence-electron chi connectivity index (χ2n) is 8.55. The highest BCUT2D eigenvalue weighted by atomic mass is 16.5. The van der Waals surface area contributed by atoms with E-state index in [1.165, 1.54) is 50.9 Å². The Labute approximate surface area is 175 Å². The Morgan fingerprint density at radius 3 is 2.38 bits per heavy atom. The lowest BCUT2D eigenvalue weighted by molar-refractivity contribution is 0.0823. The van der Waals surface area contributed by atoms with Gasteiger partial charge < -0.3 is 19.4 Å². The number of nitrogens with zero attached hydrogens (tertiary/aromatic N) is 3. The van der Waals surface area contributed by atoms with Crippen molar-refractivity contribution in [3.63, 3.8) is 0 Å². The zero-order chi connectivity index (χ0) is 19.9. The van der Waals surface area contributed by atoms with Crippen LogP contribution in [0.4, 0.5) is 0 Å². The number of carbonyl (C=O) groups is 1. The molecule has 0 saturated carbocycles. The number of ether oxygens (including phenoxy) is 1. The topological polar surface area (TPSA) is 36.0 Å². The third-order valence-electron chi connectivity index (χ3n) is 6.32. The van der Waals surface area contributed by atoms with E-state index < -0.39 is 0 Å². The molecule has 0 aromatic heterocycles. The molecular formula is C24H35N3O2. The maximum atomic E-state index is 13.0. The molecule has 3 heterocycles. The van der Waals surface area contributed by atoms with E-state index in [0.717, 1.165) is 63.4 Å². The summed E-state index contributed by atoms with van der Waals surface area (Å²) in [6.07, 6.45) is 11.9. The summed E-state index contributed by atoms with van der Waals surface area (Å²) in [5.41, 5.74) is 1.93. The zero-order valence-electron chi connectivity index (χ0n) is 17.7. The molecule has 29 heavy (non-hydrogen) atoms. The summed E-state index contributed by atoms with van der Waals surface area (Å²) in [6.45, 7) is 7.40. The quantitative estimate of drug-likeness (QED) is 0.649. The molecule has 5 nitrogen and oxygen atoms in total. The number of carbonyl (C=O) groups excluding carboxylic acids is 1. The van der Waals surface area contributed by atoms with Gasteiger partial charge in [0.1, 0.15) is 5.75 Å². The van der Waals surface area contributed by atoms with Crippen molar-refractivity contribution in [2.24, 2.45) is 0 Å². The molecule has 1 aromatic carbocycles. The highest BCUT2D eigenvalue weighted by Crippen LogP contribution is 2.25. The van der Waals surface area contributed by atoms with Gasteiger partial charge in [0, 0.05) is 43.6 Å². The van der Waals surface area contributed by atoms with E-state index in [-0.39, 0.29) is 5.91 Å². The average Bonchev–Trinajstić information content (AvgIpc) is 3.44. The van der Waals surface area contributed by atoms with Gasteiger partial charge in [-0.2, -0.15) is 0 Å². The molecule has 1 amide bonds. The van der Waals surface area contributed by atoms with Crippen LogP contribution in [-0.2, 0) is 0 Å². The maximum Gasteiger partial charge on any atom is 0.258 e. The molecule has 3 saturated heterocycles. The standard InChI is InChI=1S/C24H35N3O2/c28-24(27-18-6-8-22(27)20-26-15-4-5-16-26)21-9-11-23(12-10-21)29-19-7-17-25-13-2-1-3-14-25/h9-12,20H,1-8,13-19H2/b22-20+. The normalized spacial score (nSPS) is 21.9. The van der Waals surface area contributed by atoms with Crippen LogP contribution in [0.25, 0.3) is 0 Å². The first-order valence-corrected chi connectivity index (χ1v) is 11.5. The molecule has 158 valence electrons. The number of likely N-dealkylation sites (tertiary alicyclic amines) is 3. The first-order valence-electron chi connectivity index (χ1n) is 11.5. The number of rotatable bonds is 7. The zero-order valence-corrected chi connectivity index (χ0v) is 17.7. The van der Waals surface area contributed by atoms with Crippen LogP contribution in [0.5, 0.6) is 5.75 Å². The minimum atomic E-state index is 0.115. The first-order chi connectivity index (χ1) is 14.3. The van der Waals surface area contributed by atoms with Crippen LogP contribution in [0.15, 0.2) is 36.2 Å². The van der Waals surface area contributed by atoms with Gasteiger partial charge in [-0.1, -0.05) is 6.42 Å². The number of hydrogen-bond donors (Lipinski definition) is 0. The molecule has 0 bridgehead atoms. The van der Waals surface area contributed by atoms with E-state index in [4.69, 9.17) is 4.74 Å². The van der Waals surface area contributed by atoms with Crippen molar-refractivity contribution in [1.29, 1.82) is 0 Å². The number of allylic oxidation sites excluding steroid dienone is 1. The molecule has 0 spiro atoms. The van der Waals surface area contributed by atoms with Crippen LogP contribution >= 0.6 is 0 Å². The summed E-state index contributed by atoms with van der Waals surface area (Å²) >= 11 is 0. The van der Waals surface area contributed by atoms with E-state index >= 15 is 0 Å². The lowest BCUT2D eigenvalue weighted by Crippen LogP contribution is -2.31. The van der Waals surface area contributed by atoms with Crippen molar-refractivity contribution in [1.82, 2.24) is 14.7 Å². The smallest absolute Gasteiger partial charge is 0.258 e. The molecule has 4 rings (SSSR count). The summed E-state index contributed by atoms with van der Waals surface area (Å²) in [7, 11) is 0. The second kappa shape index (κ2) is 10.1. The summed E-state index contributed by atoms with van der Waals surface area (Å²) < 4.78 is 5.90. The van der Waals surface area contributed by atoms with E-state index in [9.17, 15) is 4.79 Å². The molecule has 3 aliphatic heterocycles. The van der Waals surface area contributed by atoms with Crippen molar-refractivity contribution in [3.8, 4) is 5.75 Å². The Morgan fingerprint density at radius 2 is 1.62 bits per heavy atom. The summed E-state index contributed by atoms with van der Waals surface area (Å²) in [4.78, 5) is 19.9. The number of piperidine rings is 1. The van der Waals surface area contributed by atoms with Crippen LogP contribution in [0.2, 0.25) is 0 Å². The van der Waals surface area contributed by atoms with Crippen LogP contribution in [0.3, 0.4) is 0 Å². The molecule has 0 atom stereocenters. The summed E-state index contributed by atoms with van der Waals surface area (Å²) in [5, 5.41) is 0. The lowest BCUT2D eigenvalue weighted by Gasteiger charge is -2.26. The number of benzene rings is 1. The van der Waals surface area contributed by atoms with Gasteiger partial charge in [0.15, 0.2) is 0 Å². The van der Waals surface area contributed by atoms with E-state index in [1.807, 2.05) is 29.2 Å². The fourth-order valence-electron chi connectivity index (χ4n) is 4.66. The van der Waals surface area contributed by atoms with Crippen molar-refractivity contribution >= 4 is 5.91 Å². The fourth-order valence-corrected chi connectivity index (χ4v) is 4.66. The Hall–Kier alpha value is -2.01. The van der Waals surface area contributed by atoms with Crippen LogP contribution in [0.1, 0.15) is 61.7 Å². The first kappa shape index (κ1) is 20.3. The van der Waals surface area contributed by atoms with Gasteiger partial charge in [0.25, 0.3) is 5.91 Å². The van der Waals surface area contributed by atoms with Crippen LogP contribution in [0, 0.1) is 0 Å². The molecule has 0 unspecified atom stereocenters. The van der Waals surface area contributed by atoms with Crippen LogP contribution in [-0.4, -0.2) is 66.5 Å². The predicted octanol–water partition coefficient (Wildman–Crippen LogP) is 4.11. The Balaban J connectivity index is 1.26. The predicted molar refractivity (Wildman–Crippen MR) is 116 cm³/mol. The Kier molecular flexibility index (Phi) is 7.09. The lowest BCUT2D eigenvalue weighted by atomic mass is 10.1. The third-order valence-corrected chi connectivity index (χ3v) is 6.32. The molecule has 3 aliphatic rings. The van der Waals surface area contributed by atoms with E-state index in [1.54, 1.807) is 0 Å². The van der Waals surface area contributed by atoms with E-state index in [0.29, 0.717) is 0 Å². The highest BCUT2D eigenvalue weighted by Gasteiger charge is 2.25. The number of hydrogen-bond acceptors (Lipinski definition) is 4. The minimum Gasteiger partial charge on any atom is -0.494 e. The van der Waals surface area contributed by atoms with Crippen molar-refractivity contribution in [2.45, 2.75) is 51.4 Å². The third kappa shape index (κ3) is 5.53. The molecule has 3 fully saturated rings. The molecule has 1 aromatic rings. The maximum absolute atomic E-state index is 13.0. The van der Waals surface area contributed by atoms with Crippen LogP contribution < -0.4 is 4.74 Å². The van der Waals surface area contributed by atoms with Gasteiger partial charge in [-0.3, -0.25) is 4.79 Å². The molecule has 0 radical (unpaired) electrons.